The zero-order valence-electron chi connectivity index (χ0n) is 17.6. The molecule has 0 bridgehead atoms. The molecule has 3 aromatic rings. The maximum absolute atomic E-state index is 12.5. The van der Waals surface area contributed by atoms with Crippen molar-refractivity contribution in [2.75, 3.05) is 36.4 Å². The molecule has 0 aliphatic carbocycles. The fourth-order valence-corrected chi connectivity index (χ4v) is 5.21. The van der Waals surface area contributed by atoms with Crippen LogP contribution in [0.2, 0.25) is 5.15 Å². The van der Waals surface area contributed by atoms with Gasteiger partial charge in [-0.2, -0.15) is 0 Å². The molecule has 3 aromatic heterocycles. The number of halogens is 1. The third kappa shape index (κ3) is 5.71. The van der Waals surface area contributed by atoms with E-state index in [4.69, 9.17) is 11.6 Å². The Morgan fingerprint density at radius 1 is 1.28 bits per heavy atom. The molecule has 1 fully saturated rings. The maximum atomic E-state index is 12.5. The van der Waals surface area contributed by atoms with E-state index >= 15 is 0 Å². The minimum absolute atomic E-state index is 0.0303. The van der Waals surface area contributed by atoms with Gasteiger partial charge in [-0.25, -0.2) is 23.4 Å². The van der Waals surface area contributed by atoms with Gasteiger partial charge in [0.05, 0.1) is 17.6 Å². The Morgan fingerprint density at radius 2 is 2.03 bits per heavy atom. The second-order valence-electron chi connectivity index (χ2n) is 7.98. The van der Waals surface area contributed by atoms with Crippen molar-refractivity contribution in [2.24, 2.45) is 5.92 Å². The molecule has 9 nitrogen and oxygen atoms in total. The number of anilines is 2. The number of nitrogens with one attached hydrogen (secondary N) is 2. The van der Waals surface area contributed by atoms with Crippen LogP contribution in [-0.4, -0.2) is 60.6 Å². The number of aromatic nitrogens is 3. The summed E-state index contributed by atoms with van der Waals surface area (Å²) in [6, 6.07) is 5.15. The number of amides is 1. The van der Waals surface area contributed by atoms with E-state index < -0.39 is 10.0 Å². The number of nitrogens with zero attached hydrogens (tertiary/aromatic N) is 4. The molecule has 0 saturated carbocycles. The fourth-order valence-electron chi connectivity index (χ4n) is 3.59. The van der Waals surface area contributed by atoms with Crippen LogP contribution in [0.3, 0.4) is 0 Å². The van der Waals surface area contributed by atoms with Gasteiger partial charge in [-0.15, -0.1) is 0 Å². The molecule has 1 amide bonds. The molecule has 0 atom stereocenters. The van der Waals surface area contributed by atoms with Crippen LogP contribution in [-0.2, 0) is 14.8 Å². The highest BCUT2D eigenvalue weighted by Crippen LogP contribution is 2.30. The Hall–Kier alpha value is -2.34. The van der Waals surface area contributed by atoms with Crippen molar-refractivity contribution in [3.05, 3.63) is 29.5 Å². The summed E-state index contributed by atoms with van der Waals surface area (Å²) in [5, 5.41) is 3.46. The van der Waals surface area contributed by atoms with Gasteiger partial charge in [0.15, 0.2) is 10.3 Å². The topological polar surface area (TPSA) is 117 Å². The maximum Gasteiger partial charge on any atom is 0.229 e. The fraction of sp³-hybridized carbons (Fsp3) is 0.400. The standard InChI is InChI=1S/C20H23ClN6O3S2/c1-27-7-5-12(6-8-27)9-17(28)25-20-24-15-4-3-14(23-19(15)31-20)13-10-16(18(21)22-11-13)26-32(2,29)30/h3-4,10-12,26H,5-9H2,1-2H3,(H,24,25,28). The van der Waals surface area contributed by atoms with Crippen LogP contribution in [0.25, 0.3) is 21.6 Å². The monoisotopic (exact) mass is 494 g/mol. The third-order valence-corrected chi connectivity index (χ3v) is 7.02. The van der Waals surface area contributed by atoms with Crippen LogP contribution in [0.15, 0.2) is 24.4 Å². The van der Waals surface area contributed by atoms with Gasteiger partial charge >= 0.3 is 0 Å². The van der Waals surface area contributed by atoms with Crippen molar-refractivity contribution in [2.45, 2.75) is 19.3 Å². The second-order valence-corrected chi connectivity index (χ2v) is 11.1. The summed E-state index contributed by atoms with van der Waals surface area (Å²) in [4.78, 5) is 28.5. The predicted octanol–water partition coefficient (Wildman–Crippen LogP) is 3.45. The molecule has 1 aliphatic heterocycles. The number of likely N-dealkylation sites (tertiary alicyclic amines) is 1. The van der Waals surface area contributed by atoms with E-state index in [1.807, 2.05) is 0 Å². The average molecular weight is 495 g/mol. The molecular formula is C20H23ClN6O3S2. The predicted molar refractivity (Wildman–Crippen MR) is 128 cm³/mol. The van der Waals surface area contributed by atoms with Crippen molar-refractivity contribution in [3.8, 4) is 11.3 Å². The zero-order chi connectivity index (χ0) is 22.9. The van der Waals surface area contributed by atoms with Crippen LogP contribution in [0.1, 0.15) is 19.3 Å². The molecule has 170 valence electrons. The van der Waals surface area contributed by atoms with Crippen molar-refractivity contribution in [1.29, 1.82) is 0 Å². The van der Waals surface area contributed by atoms with Gasteiger partial charge < -0.3 is 10.2 Å². The summed E-state index contributed by atoms with van der Waals surface area (Å²) in [5.74, 6) is 0.370. The van der Waals surface area contributed by atoms with Crippen LogP contribution < -0.4 is 10.0 Å². The number of rotatable bonds is 6. The molecular weight excluding hydrogens is 472 g/mol. The van der Waals surface area contributed by atoms with E-state index in [0.717, 1.165) is 32.2 Å². The summed E-state index contributed by atoms with van der Waals surface area (Å²) < 4.78 is 25.4. The number of hydrogen-bond donors (Lipinski definition) is 2. The molecule has 0 spiro atoms. The van der Waals surface area contributed by atoms with E-state index in [9.17, 15) is 13.2 Å². The average Bonchev–Trinajstić information content (AvgIpc) is 3.11. The zero-order valence-corrected chi connectivity index (χ0v) is 20.0. The number of hydrogen-bond acceptors (Lipinski definition) is 8. The quantitative estimate of drug-likeness (QED) is 0.504. The Balaban J connectivity index is 1.50. The van der Waals surface area contributed by atoms with Gasteiger partial charge in [0.2, 0.25) is 15.9 Å². The lowest BCUT2D eigenvalue weighted by Crippen LogP contribution is -2.31. The van der Waals surface area contributed by atoms with Crippen molar-refractivity contribution in [3.63, 3.8) is 0 Å². The lowest BCUT2D eigenvalue weighted by molar-refractivity contribution is -0.117. The van der Waals surface area contributed by atoms with E-state index in [2.05, 4.69) is 36.9 Å². The lowest BCUT2D eigenvalue weighted by Gasteiger charge is -2.28. The summed E-state index contributed by atoms with van der Waals surface area (Å²) >= 11 is 7.30. The van der Waals surface area contributed by atoms with Gasteiger partial charge in [0, 0.05) is 18.2 Å². The minimum Gasteiger partial charge on any atom is -0.306 e. The van der Waals surface area contributed by atoms with Crippen LogP contribution in [0.5, 0.6) is 0 Å². The van der Waals surface area contributed by atoms with Gasteiger partial charge in [0.25, 0.3) is 0 Å². The summed E-state index contributed by atoms with van der Waals surface area (Å²) in [6.07, 6.45) is 5.12. The van der Waals surface area contributed by atoms with E-state index in [0.29, 0.717) is 39.1 Å². The van der Waals surface area contributed by atoms with Crippen molar-refractivity contribution >= 4 is 60.0 Å². The van der Waals surface area contributed by atoms with Gasteiger partial charge in [-0.05, 0) is 57.1 Å². The van der Waals surface area contributed by atoms with Crippen molar-refractivity contribution < 1.29 is 13.2 Å². The third-order valence-electron chi connectivity index (χ3n) is 5.24. The number of pyridine rings is 2. The molecule has 0 radical (unpaired) electrons. The molecule has 1 saturated heterocycles. The molecule has 4 heterocycles. The summed E-state index contributed by atoms with van der Waals surface area (Å²) in [5.41, 5.74) is 2.04. The van der Waals surface area contributed by atoms with E-state index in [1.165, 1.54) is 17.5 Å². The Kier molecular flexibility index (Phi) is 6.61. The van der Waals surface area contributed by atoms with Crippen LogP contribution >= 0.6 is 22.9 Å². The van der Waals surface area contributed by atoms with E-state index in [-0.39, 0.29) is 16.7 Å². The first-order valence-electron chi connectivity index (χ1n) is 10.1. The molecule has 1 aliphatic rings. The minimum atomic E-state index is -3.50. The van der Waals surface area contributed by atoms with E-state index in [1.54, 1.807) is 18.2 Å². The first-order chi connectivity index (χ1) is 15.2. The second kappa shape index (κ2) is 9.26. The molecule has 0 aromatic carbocycles. The lowest BCUT2D eigenvalue weighted by atomic mass is 9.93. The Morgan fingerprint density at radius 3 is 2.75 bits per heavy atom. The Labute approximate surface area is 195 Å². The van der Waals surface area contributed by atoms with Crippen LogP contribution in [0.4, 0.5) is 10.8 Å². The smallest absolute Gasteiger partial charge is 0.229 e. The van der Waals surface area contributed by atoms with Crippen molar-refractivity contribution in [1.82, 2.24) is 19.9 Å². The first-order valence-corrected chi connectivity index (χ1v) is 13.1. The molecule has 2 N–H and O–H groups in total. The first kappa shape index (κ1) is 22.8. The highest BCUT2D eigenvalue weighted by molar-refractivity contribution is 7.92. The number of sulfonamides is 1. The highest BCUT2D eigenvalue weighted by Gasteiger charge is 2.20. The molecule has 4 rings (SSSR count). The number of thiazole rings is 1. The largest absolute Gasteiger partial charge is 0.306 e. The number of carbonyl (C=O) groups excluding carboxylic acids is 1. The normalized spacial score (nSPS) is 15.7. The molecule has 0 unspecified atom stereocenters. The highest BCUT2D eigenvalue weighted by atomic mass is 35.5. The Bertz CT molecular complexity index is 1260. The number of fused-ring (bicyclic) bond motifs is 1. The molecule has 32 heavy (non-hydrogen) atoms. The summed E-state index contributed by atoms with van der Waals surface area (Å²) in [7, 11) is -1.40. The number of piperidine rings is 1. The van der Waals surface area contributed by atoms with Gasteiger partial charge in [0.1, 0.15) is 10.3 Å². The summed E-state index contributed by atoms with van der Waals surface area (Å²) in [6.45, 7) is 2.04. The van der Waals surface area contributed by atoms with Gasteiger partial charge in [-0.1, -0.05) is 22.9 Å². The van der Waals surface area contributed by atoms with Crippen LogP contribution in [0, 0.1) is 5.92 Å². The SMILES string of the molecule is CN1CCC(CC(=O)Nc2nc3ccc(-c4cnc(Cl)c(NS(C)(=O)=O)c4)nc3s2)CC1. The number of carbonyl (C=O) groups is 1. The van der Waals surface area contributed by atoms with Gasteiger partial charge in [-0.3, -0.25) is 9.52 Å². The molecule has 12 heteroatoms.